The first-order valence-electron chi connectivity index (χ1n) is 4.68. The third-order valence-corrected chi connectivity index (χ3v) is 0.667. The Morgan fingerprint density at radius 2 is 0.591 bits per heavy atom. The standard InChI is InChI=1S/4C2H5NO2.GeH2.Zn/c4*3-1-2(4)5;;/h4*1,3H2,(H,4,5);1H2;/q;;;;2*+2/p-4. The third kappa shape index (κ3) is 127. The SMILES string of the molecule is NCC(=O)[O-].NCC(=O)[O-].NCC(=O)[O-].NCC(=O)[O-].[GeH2+2].[Zn+2]. The second-order valence-corrected chi connectivity index (χ2v) is 2.30. The van der Waals surface area contributed by atoms with E-state index in [-0.39, 0.29) is 63.3 Å². The molecule has 0 bridgehead atoms. The molecular weight excluding hydrogens is 418 g/mol. The fourth-order valence-electron chi connectivity index (χ4n) is 0. The third-order valence-electron chi connectivity index (χ3n) is 0.667. The summed E-state index contributed by atoms with van der Waals surface area (Å²) in [6.07, 6.45) is 0. The van der Waals surface area contributed by atoms with Crippen molar-refractivity contribution >= 4 is 41.5 Å². The zero-order valence-electron chi connectivity index (χ0n) is 11.8. The van der Waals surface area contributed by atoms with Crippen LogP contribution in [0.3, 0.4) is 0 Å². The van der Waals surface area contributed by atoms with Gasteiger partial charge in [0.15, 0.2) is 0 Å². The van der Waals surface area contributed by atoms with Gasteiger partial charge in [-0.25, -0.2) is 0 Å². The maximum atomic E-state index is 9.13. The van der Waals surface area contributed by atoms with Crippen molar-refractivity contribution in [2.45, 2.75) is 0 Å². The van der Waals surface area contributed by atoms with Crippen LogP contribution in [0, 0.1) is 0 Å². The van der Waals surface area contributed by atoms with Crippen molar-refractivity contribution in [1.29, 1.82) is 0 Å². The van der Waals surface area contributed by atoms with E-state index in [9.17, 15) is 0 Å². The molecule has 0 aromatic heterocycles. The van der Waals surface area contributed by atoms with Gasteiger partial charge in [-0.05, 0) is 0 Å². The zero-order chi connectivity index (χ0) is 17.1. The maximum absolute atomic E-state index is 9.13. The first-order chi connectivity index (χ1) is 9.08. The first-order valence-corrected chi connectivity index (χ1v) is 4.68. The van der Waals surface area contributed by atoms with E-state index in [4.69, 9.17) is 39.6 Å². The van der Waals surface area contributed by atoms with E-state index in [0.717, 1.165) is 0 Å². The molecule has 124 valence electrons. The predicted octanol–water partition coefficient (Wildman–Crippen LogP) is -10.1. The van der Waals surface area contributed by atoms with Crippen LogP contribution in [0.5, 0.6) is 0 Å². The van der Waals surface area contributed by atoms with Gasteiger partial charge in [-0.2, -0.15) is 0 Å². The first kappa shape index (κ1) is 37.3. The number of carboxylic acids is 4. The van der Waals surface area contributed by atoms with Crippen LogP contribution < -0.4 is 43.4 Å². The van der Waals surface area contributed by atoms with Crippen LogP contribution in [0.2, 0.25) is 0 Å². The zero-order valence-corrected chi connectivity index (χ0v) is 17.8. The summed E-state index contributed by atoms with van der Waals surface area (Å²) in [5, 5.41) is 36.5. The Labute approximate surface area is 149 Å². The largest absolute Gasteiger partial charge is 2.00 e. The van der Waals surface area contributed by atoms with Crippen molar-refractivity contribution in [3.8, 4) is 0 Å². The maximum Gasteiger partial charge on any atom is 2.00 e. The fourth-order valence-corrected chi connectivity index (χ4v) is 0. The molecule has 0 aromatic carbocycles. The second-order valence-electron chi connectivity index (χ2n) is 2.30. The average molecular weight is 436 g/mol. The number of nitrogens with two attached hydrogens (primary N) is 4. The van der Waals surface area contributed by atoms with Crippen molar-refractivity contribution < 1.29 is 59.1 Å². The molecule has 0 amide bonds. The molecule has 0 rings (SSSR count). The van der Waals surface area contributed by atoms with Crippen LogP contribution in [0.1, 0.15) is 0 Å². The van der Waals surface area contributed by atoms with E-state index in [2.05, 4.69) is 22.9 Å². The fraction of sp³-hybridized carbons (Fsp3) is 0.500. The van der Waals surface area contributed by atoms with Gasteiger partial charge in [0.25, 0.3) is 0 Å². The van der Waals surface area contributed by atoms with Gasteiger partial charge in [0.05, 0.1) is 23.9 Å². The van der Waals surface area contributed by atoms with Crippen LogP contribution in [0.4, 0.5) is 0 Å². The van der Waals surface area contributed by atoms with E-state index in [1.807, 2.05) is 0 Å². The summed E-state index contributed by atoms with van der Waals surface area (Å²) in [5.74, 6) is -4.87. The number of carbonyl (C=O) groups is 4. The minimum atomic E-state index is -1.22. The molecule has 0 heterocycles. The van der Waals surface area contributed by atoms with Gasteiger partial charge in [-0.3, -0.25) is 0 Å². The number of rotatable bonds is 4. The Morgan fingerprint density at radius 1 is 0.545 bits per heavy atom. The molecule has 0 radical (unpaired) electrons. The quantitative estimate of drug-likeness (QED) is 0.299. The van der Waals surface area contributed by atoms with Crippen molar-refractivity contribution in [3.05, 3.63) is 0 Å². The normalized spacial score (nSPS) is 6.73. The number of aliphatic carboxylic acids is 4. The number of carbonyl (C=O) groups excluding carboxylic acids is 4. The van der Waals surface area contributed by atoms with Crippen molar-refractivity contribution in [3.63, 3.8) is 0 Å². The summed E-state index contributed by atoms with van der Waals surface area (Å²) >= 11 is 0. The molecule has 0 aliphatic rings. The van der Waals surface area contributed by atoms with Crippen LogP contribution >= 0.6 is 0 Å². The van der Waals surface area contributed by atoms with Crippen LogP contribution in [-0.4, -0.2) is 67.7 Å². The molecule has 0 spiro atoms. The molecule has 14 heteroatoms. The van der Waals surface area contributed by atoms with E-state index < -0.39 is 23.9 Å². The second kappa shape index (κ2) is 32.0. The van der Waals surface area contributed by atoms with Crippen molar-refractivity contribution in [1.82, 2.24) is 0 Å². The van der Waals surface area contributed by atoms with Gasteiger partial charge in [0.1, 0.15) is 0 Å². The molecule has 0 aromatic rings. The van der Waals surface area contributed by atoms with Crippen molar-refractivity contribution in [2.24, 2.45) is 22.9 Å². The summed E-state index contributed by atoms with van der Waals surface area (Å²) in [5.41, 5.74) is 18.0. The molecular formula is C8H18GeN4O8Zn. The Kier molecular flexibility index (Phi) is 54.2. The van der Waals surface area contributed by atoms with E-state index in [1.54, 1.807) is 0 Å². The Hall–Kier alpha value is -1.11. The van der Waals surface area contributed by atoms with E-state index in [1.165, 1.54) is 0 Å². The molecule has 0 unspecified atom stereocenters. The minimum absolute atomic E-state index is 0. The summed E-state index contributed by atoms with van der Waals surface area (Å²) in [7, 11) is 0. The Bertz CT molecular complexity index is 239. The van der Waals surface area contributed by atoms with Gasteiger partial charge >= 0.3 is 37.1 Å². The number of hydrogen-bond acceptors (Lipinski definition) is 12. The summed E-state index contributed by atoms with van der Waals surface area (Å²) in [6.45, 7) is -1.56. The molecule has 0 aliphatic heterocycles. The number of hydrogen-bond donors (Lipinski definition) is 4. The van der Waals surface area contributed by atoms with Gasteiger partial charge < -0.3 is 62.5 Å². The van der Waals surface area contributed by atoms with Gasteiger partial charge in [-0.1, -0.05) is 0 Å². The summed E-state index contributed by atoms with van der Waals surface area (Å²) in [4.78, 5) is 36.5. The van der Waals surface area contributed by atoms with Crippen LogP contribution in [0.25, 0.3) is 0 Å². The van der Waals surface area contributed by atoms with Gasteiger partial charge in [-0.15, -0.1) is 0 Å². The summed E-state index contributed by atoms with van der Waals surface area (Å²) in [6, 6.07) is 0. The Balaban J connectivity index is -0.0000000376. The number of carboxylic acid groups (broad SMARTS) is 4. The molecule has 12 nitrogen and oxygen atoms in total. The van der Waals surface area contributed by atoms with Gasteiger partial charge in [0, 0.05) is 26.2 Å². The molecule has 0 saturated carbocycles. The molecule has 22 heavy (non-hydrogen) atoms. The molecule has 0 aliphatic carbocycles. The van der Waals surface area contributed by atoms with E-state index >= 15 is 0 Å². The van der Waals surface area contributed by atoms with E-state index in [0.29, 0.717) is 0 Å². The van der Waals surface area contributed by atoms with Gasteiger partial charge in [0.2, 0.25) is 0 Å². The van der Waals surface area contributed by atoms with Crippen LogP contribution in [0.15, 0.2) is 0 Å². The average Bonchev–Trinajstić information content (AvgIpc) is 2.40. The molecule has 0 saturated heterocycles. The predicted molar refractivity (Wildman–Crippen MR) is 64.8 cm³/mol. The Morgan fingerprint density at radius 3 is 0.591 bits per heavy atom. The molecule has 0 fully saturated rings. The topological polar surface area (TPSA) is 265 Å². The molecule has 0 atom stereocenters. The summed E-state index contributed by atoms with van der Waals surface area (Å²) < 4.78 is 0. The van der Waals surface area contributed by atoms with Crippen LogP contribution in [-0.2, 0) is 38.7 Å². The van der Waals surface area contributed by atoms with Crippen molar-refractivity contribution in [2.75, 3.05) is 26.2 Å². The smallest absolute Gasteiger partial charge is 2.00 e. The minimum Gasteiger partial charge on any atom is 2.00 e. The molecule has 8 N–H and O–H groups in total. The monoisotopic (exact) mass is 436 g/mol.